The predicted octanol–water partition coefficient (Wildman–Crippen LogP) is 5.12. The number of hydrogen-bond acceptors (Lipinski definition) is 1. The van der Waals surface area contributed by atoms with Crippen molar-refractivity contribution in [3.8, 4) is 0 Å². The zero-order chi connectivity index (χ0) is 14.2. The minimum atomic E-state index is -1.53. The average molecular weight is 368 g/mol. The SMILES string of the molecule is OC(c1ccc(Br)c(Cl)c1F)c1c(F)cccc1Cl. The molecule has 0 aromatic heterocycles. The van der Waals surface area contributed by atoms with Gasteiger partial charge in [-0.05, 0) is 34.1 Å². The van der Waals surface area contributed by atoms with Crippen molar-refractivity contribution in [2.45, 2.75) is 6.10 Å². The molecule has 0 bridgehead atoms. The van der Waals surface area contributed by atoms with E-state index < -0.39 is 17.7 Å². The van der Waals surface area contributed by atoms with E-state index in [0.29, 0.717) is 4.47 Å². The molecule has 2 aromatic carbocycles. The van der Waals surface area contributed by atoms with Crippen LogP contribution in [0.2, 0.25) is 10.0 Å². The lowest BCUT2D eigenvalue weighted by Gasteiger charge is -2.15. The van der Waals surface area contributed by atoms with Crippen molar-refractivity contribution in [3.63, 3.8) is 0 Å². The normalized spacial score (nSPS) is 12.5. The van der Waals surface area contributed by atoms with Gasteiger partial charge in [0.05, 0.1) is 5.02 Å². The Balaban J connectivity index is 2.57. The van der Waals surface area contributed by atoms with Crippen LogP contribution in [-0.4, -0.2) is 5.11 Å². The van der Waals surface area contributed by atoms with Gasteiger partial charge in [0.15, 0.2) is 0 Å². The summed E-state index contributed by atoms with van der Waals surface area (Å²) in [5, 5.41) is 9.95. The van der Waals surface area contributed by atoms with Gasteiger partial charge < -0.3 is 5.11 Å². The Labute approximate surface area is 126 Å². The minimum absolute atomic E-state index is 0.0194. The van der Waals surface area contributed by atoms with Crippen LogP contribution in [0.15, 0.2) is 34.8 Å². The van der Waals surface area contributed by atoms with Crippen LogP contribution in [0.3, 0.4) is 0 Å². The van der Waals surface area contributed by atoms with Gasteiger partial charge in [-0.25, -0.2) is 8.78 Å². The minimum Gasteiger partial charge on any atom is -0.383 e. The largest absolute Gasteiger partial charge is 0.383 e. The molecule has 1 nitrogen and oxygen atoms in total. The molecule has 1 N–H and O–H groups in total. The van der Waals surface area contributed by atoms with Crippen molar-refractivity contribution in [3.05, 3.63) is 67.6 Å². The molecule has 0 fully saturated rings. The first-order chi connectivity index (χ1) is 8.93. The fourth-order valence-corrected chi connectivity index (χ4v) is 2.42. The first-order valence-corrected chi connectivity index (χ1v) is 6.73. The van der Waals surface area contributed by atoms with Crippen LogP contribution in [0.25, 0.3) is 0 Å². The van der Waals surface area contributed by atoms with Gasteiger partial charge in [-0.2, -0.15) is 0 Å². The molecule has 1 atom stereocenters. The molecule has 0 spiro atoms. The number of rotatable bonds is 2. The third-order valence-corrected chi connectivity index (χ3v) is 4.22. The lowest BCUT2D eigenvalue weighted by molar-refractivity contribution is 0.210. The van der Waals surface area contributed by atoms with Gasteiger partial charge in [-0.15, -0.1) is 0 Å². The maximum atomic E-state index is 14.0. The van der Waals surface area contributed by atoms with Crippen molar-refractivity contribution in [1.82, 2.24) is 0 Å². The predicted molar refractivity (Wildman–Crippen MR) is 74.6 cm³/mol. The second-order valence-electron chi connectivity index (χ2n) is 3.80. The second kappa shape index (κ2) is 5.75. The van der Waals surface area contributed by atoms with Crippen molar-refractivity contribution in [2.24, 2.45) is 0 Å². The average Bonchev–Trinajstić information content (AvgIpc) is 2.35. The molecular formula is C13H7BrCl2F2O. The van der Waals surface area contributed by atoms with Gasteiger partial charge in [0, 0.05) is 20.6 Å². The molecule has 0 amide bonds. The standard InChI is InChI=1S/C13H7BrCl2F2O/c14-7-5-4-6(12(18)11(7)16)13(19)10-8(15)2-1-3-9(10)17/h1-5,13,19H. The van der Waals surface area contributed by atoms with E-state index in [4.69, 9.17) is 23.2 Å². The number of aliphatic hydroxyl groups excluding tert-OH is 1. The number of aliphatic hydroxyl groups is 1. The van der Waals surface area contributed by atoms with Crippen molar-refractivity contribution in [1.29, 1.82) is 0 Å². The summed E-state index contributed by atoms with van der Waals surface area (Å²) in [6.45, 7) is 0. The Hall–Kier alpha value is -0.680. The van der Waals surface area contributed by atoms with Crippen LogP contribution in [0, 0.1) is 11.6 Å². The third kappa shape index (κ3) is 2.77. The highest BCUT2D eigenvalue weighted by Gasteiger charge is 2.23. The molecule has 0 radical (unpaired) electrons. The Morgan fingerprint density at radius 3 is 2.42 bits per heavy atom. The summed E-state index contributed by atoms with van der Waals surface area (Å²) < 4.78 is 28.0. The van der Waals surface area contributed by atoms with Crippen molar-refractivity contribution in [2.75, 3.05) is 0 Å². The number of benzene rings is 2. The van der Waals surface area contributed by atoms with Crippen LogP contribution in [-0.2, 0) is 0 Å². The van der Waals surface area contributed by atoms with Gasteiger partial charge >= 0.3 is 0 Å². The van der Waals surface area contributed by atoms with Gasteiger partial charge in [-0.1, -0.05) is 35.3 Å². The van der Waals surface area contributed by atoms with Crippen LogP contribution in [0.1, 0.15) is 17.2 Å². The number of halogens is 5. The molecule has 0 saturated carbocycles. The van der Waals surface area contributed by atoms with E-state index in [2.05, 4.69) is 15.9 Å². The summed E-state index contributed by atoms with van der Waals surface area (Å²) in [5.74, 6) is -1.53. The molecular weight excluding hydrogens is 361 g/mol. The highest BCUT2D eigenvalue weighted by Crippen LogP contribution is 2.35. The maximum absolute atomic E-state index is 14.0. The second-order valence-corrected chi connectivity index (χ2v) is 5.44. The van der Waals surface area contributed by atoms with E-state index >= 15 is 0 Å². The lowest BCUT2D eigenvalue weighted by atomic mass is 10.0. The monoisotopic (exact) mass is 366 g/mol. The van der Waals surface area contributed by atoms with Gasteiger partial charge in [-0.3, -0.25) is 0 Å². The van der Waals surface area contributed by atoms with E-state index in [1.165, 1.54) is 24.3 Å². The topological polar surface area (TPSA) is 20.2 Å². The summed E-state index contributed by atoms with van der Waals surface area (Å²) in [4.78, 5) is 0. The van der Waals surface area contributed by atoms with E-state index in [1.54, 1.807) is 0 Å². The molecule has 100 valence electrons. The molecule has 0 aliphatic heterocycles. The first-order valence-electron chi connectivity index (χ1n) is 5.19. The molecule has 6 heteroatoms. The molecule has 1 unspecified atom stereocenters. The van der Waals surface area contributed by atoms with Crippen LogP contribution < -0.4 is 0 Å². The van der Waals surface area contributed by atoms with E-state index in [-0.39, 0.29) is 21.2 Å². The maximum Gasteiger partial charge on any atom is 0.149 e. The molecule has 2 aromatic rings. The summed E-state index contributed by atoms with van der Waals surface area (Å²) in [7, 11) is 0. The third-order valence-electron chi connectivity index (χ3n) is 2.63. The lowest BCUT2D eigenvalue weighted by Crippen LogP contribution is -2.06. The van der Waals surface area contributed by atoms with E-state index in [0.717, 1.165) is 6.07 Å². The zero-order valence-electron chi connectivity index (χ0n) is 9.30. The van der Waals surface area contributed by atoms with Gasteiger partial charge in [0.25, 0.3) is 0 Å². The summed E-state index contributed by atoms with van der Waals surface area (Å²) >= 11 is 14.6. The summed E-state index contributed by atoms with van der Waals surface area (Å²) in [5.41, 5.74) is -0.318. The zero-order valence-corrected chi connectivity index (χ0v) is 12.4. The molecule has 19 heavy (non-hydrogen) atoms. The smallest absolute Gasteiger partial charge is 0.149 e. The van der Waals surface area contributed by atoms with Crippen molar-refractivity contribution < 1.29 is 13.9 Å². The Kier molecular flexibility index (Phi) is 4.46. The highest BCUT2D eigenvalue weighted by atomic mass is 79.9. The molecule has 0 heterocycles. The molecule has 2 rings (SSSR count). The Morgan fingerprint density at radius 2 is 1.79 bits per heavy atom. The van der Waals surface area contributed by atoms with Crippen LogP contribution >= 0.6 is 39.1 Å². The van der Waals surface area contributed by atoms with Gasteiger partial charge in [0.1, 0.15) is 17.7 Å². The van der Waals surface area contributed by atoms with Crippen LogP contribution in [0.5, 0.6) is 0 Å². The van der Waals surface area contributed by atoms with E-state index in [9.17, 15) is 13.9 Å². The highest BCUT2D eigenvalue weighted by molar-refractivity contribution is 9.10. The summed E-state index contributed by atoms with van der Waals surface area (Å²) in [6.07, 6.45) is -1.53. The molecule has 0 aliphatic carbocycles. The fourth-order valence-electron chi connectivity index (χ4n) is 1.68. The Morgan fingerprint density at radius 1 is 1.11 bits per heavy atom. The Bertz CT molecular complexity index is 614. The first kappa shape index (κ1) is 14.7. The van der Waals surface area contributed by atoms with Gasteiger partial charge in [0.2, 0.25) is 0 Å². The summed E-state index contributed by atoms with van der Waals surface area (Å²) in [6, 6.07) is 6.75. The quantitative estimate of drug-likeness (QED) is 0.730. The fraction of sp³-hybridized carbons (Fsp3) is 0.0769. The van der Waals surface area contributed by atoms with E-state index in [1.807, 2.05) is 0 Å². The van der Waals surface area contributed by atoms with Crippen LogP contribution in [0.4, 0.5) is 8.78 Å². The molecule has 0 aliphatic rings. The number of hydrogen-bond donors (Lipinski definition) is 1. The molecule has 0 saturated heterocycles. The van der Waals surface area contributed by atoms with Crippen molar-refractivity contribution >= 4 is 39.1 Å².